The van der Waals surface area contributed by atoms with Crippen LogP contribution < -0.4 is 5.32 Å². The van der Waals surface area contributed by atoms with Crippen LogP contribution in [0.4, 0.5) is 0 Å². The molecule has 1 heterocycles. The van der Waals surface area contributed by atoms with Crippen molar-refractivity contribution in [2.45, 2.75) is 46.3 Å². The molecule has 7 heteroatoms. The summed E-state index contributed by atoms with van der Waals surface area (Å²) in [6.45, 7) is 15.8. The summed E-state index contributed by atoms with van der Waals surface area (Å²) in [5, 5.41) is 4.04. The molecule has 0 aromatic heterocycles. The fourth-order valence-corrected chi connectivity index (χ4v) is 3.99. The Morgan fingerprint density at radius 3 is 2.54 bits per heavy atom. The van der Waals surface area contributed by atoms with Crippen molar-refractivity contribution in [3.63, 3.8) is 0 Å². The van der Waals surface area contributed by atoms with Crippen molar-refractivity contribution in [2.75, 3.05) is 45.0 Å². The Morgan fingerprint density at radius 2 is 2.00 bits per heavy atom. The van der Waals surface area contributed by atoms with E-state index in [2.05, 4.69) is 42.7 Å². The van der Waals surface area contributed by atoms with E-state index in [1.54, 1.807) is 0 Å². The van der Waals surface area contributed by atoms with Gasteiger partial charge < -0.3 is 15.1 Å². The fourth-order valence-electron chi connectivity index (χ4n) is 2.69. The topological polar surface area (TPSA) is 47.9 Å². The van der Waals surface area contributed by atoms with E-state index in [1.165, 1.54) is 0 Å². The second kappa shape index (κ2) is 13.1. The van der Waals surface area contributed by atoms with E-state index in [9.17, 15) is 4.79 Å². The van der Waals surface area contributed by atoms with Crippen LogP contribution in [-0.4, -0.2) is 71.9 Å². The number of guanidine groups is 1. The zero-order valence-corrected chi connectivity index (χ0v) is 19.0. The predicted molar refractivity (Wildman–Crippen MR) is 117 cm³/mol. The molecule has 0 bridgehead atoms. The van der Waals surface area contributed by atoms with E-state index >= 15 is 0 Å². The SMILES string of the molecule is CCNC(=NCCC(=O)N(CC)CC)N1CCSC(C(C)C)C1.I. The second-order valence-corrected chi connectivity index (χ2v) is 7.50. The number of thioether (sulfide) groups is 1. The molecule has 1 aliphatic heterocycles. The Bertz CT molecular complexity index is 389. The molecule has 5 nitrogen and oxygen atoms in total. The highest BCUT2D eigenvalue weighted by molar-refractivity contribution is 14.0. The molecule has 1 fully saturated rings. The molecule has 24 heavy (non-hydrogen) atoms. The van der Waals surface area contributed by atoms with Crippen molar-refractivity contribution < 1.29 is 4.79 Å². The van der Waals surface area contributed by atoms with Gasteiger partial charge in [-0.3, -0.25) is 9.79 Å². The lowest BCUT2D eigenvalue weighted by Crippen LogP contribution is -2.49. The van der Waals surface area contributed by atoms with Crippen molar-refractivity contribution in [1.82, 2.24) is 15.1 Å². The van der Waals surface area contributed by atoms with Gasteiger partial charge in [0.2, 0.25) is 5.91 Å². The highest BCUT2D eigenvalue weighted by Gasteiger charge is 2.24. The molecule has 1 rings (SSSR count). The molecule has 1 amide bonds. The number of hydrogen-bond acceptors (Lipinski definition) is 3. The van der Waals surface area contributed by atoms with Crippen molar-refractivity contribution in [3.8, 4) is 0 Å². The minimum Gasteiger partial charge on any atom is -0.357 e. The van der Waals surface area contributed by atoms with E-state index in [0.717, 1.165) is 44.4 Å². The maximum Gasteiger partial charge on any atom is 0.224 e. The second-order valence-electron chi connectivity index (χ2n) is 6.15. The summed E-state index contributed by atoms with van der Waals surface area (Å²) in [6, 6.07) is 0. The summed E-state index contributed by atoms with van der Waals surface area (Å²) in [5.74, 6) is 2.98. The van der Waals surface area contributed by atoms with Gasteiger partial charge in [0.05, 0.1) is 6.54 Å². The standard InChI is InChI=1S/C17H34N4OS.HI/c1-6-18-17(19-10-9-16(22)20(7-2)8-3)21-11-12-23-15(13-21)14(4)5;/h14-15H,6-13H2,1-5H3,(H,18,19);1H. The number of amides is 1. The first-order valence-electron chi connectivity index (χ1n) is 8.96. The number of hydrogen-bond donors (Lipinski definition) is 1. The summed E-state index contributed by atoms with van der Waals surface area (Å²) < 4.78 is 0. The van der Waals surface area contributed by atoms with Crippen LogP contribution in [0, 0.1) is 5.92 Å². The molecule has 0 aromatic rings. The van der Waals surface area contributed by atoms with Crippen molar-refractivity contribution in [3.05, 3.63) is 0 Å². The molecule has 0 saturated carbocycles. The third kappa shape index (κ3) is 7.80. The van der Waals surface area contributed by atoms with Gasteiger partial charge in [-0.05, 0) is 26.7 Å². The van der Waals surface area contributed by atoms with E-state index in [1.807, 2.05) is 18.7 Å². The third-order valence-electron chi connectivity index (χ3n) is 4.17. The van der Waals surface area contributed by atoms with Gasteiger partial charge >= 0.3 is 0 Å². The number of nitrogens with zero attached hydrogens (tertiary/aromatic N) is 3. The van der Waals surface area contributed by atoms with Gasteiger partial charge in [-0.2, -0.15) is 11.8 Å². The number of rotatable bonds is 7. The molecular formula is C17H35IN4OS. The first kappa shape index (κ1) is 23.8. The van der Waals surface area contributed by atoms with Crippen LogP contribution in [0.15, 0.2) is 4.99 Å². The predicted octanol–water partition coefficient (Wildman–Crippen LogP) is 2.90. The zero-order chi connectivity index (χ0) is 17.2. The Kier molecular flexibility index (Phi) is 13.0. The maximum absolute atomic E-state index is 12.1. The van der Waals surface area contributed by atoms with Crippen LogP contribution in [0.25, 0.3) is 0 Å². The van der Waals surface area contributed by atoms with E-state index in [4.69, 9.17) is 4.99 Å². The summed E-state index contributed by atoms with van der Waals surface area (Å²) in [6.07, 6.45) is 0.493. The Labute approximate surface area is 169 Å². The molecule has 0 radical (unpaired) electrons. The lowest BCUT2D eigenvalue weighted by molar-refractivity contribution is -0.130. The average Bonchev–Trinajstić information content (AvgIpc) is 2.55. The molecular weight excluding hydrogens is 435 g/mol. The minimum atomic E-state index is 0. The number of nitrogens with one attached hydrogen (secondary N) is 1. The normalized spacial score (nSPS) is 18.3. The monoisotopic (exact) mass is 470 g/mol. The summed E-state index contributed by atoms with van der Waals surface area (Å²) in [5.41, 5.74) is 0. The van der Waals surface area contributed by atoms with E-state index < -0.39 is 0 Å². The van der Waals surface area contributed by atoms with E-state index in [0.29, 0.717) is 24.1 Å². The fraction of sp³-hybridized carbons (Fsp3) is 0.882. The van der Waals surface area contributed by atoms with Gasteiger partial charge in [-0.15, -0.1) is 24.0 Å². The average molecular weight is 470 g/mol. The molecule has 1 N–H and O–H groups in total. The Morgan fingerprint density at radius 1 is 1.33 bits per heavy atom. The molecule has 1 unspecified atom stereocenters. The number of carbonyl (C=O) groups is 1. The lowest BCUT2D eigenvalue weighted by Gasteiger charge is -2.36. The summed E-state index contributed by atoms with van der Waals surface area (Å²) in [7, 11) is 0. The van der Waals surface area contributed by atoms with Gasteiger partial charge in [-0.25, -0.2) is 0 Å². The van der Waals surface area contributed by atoms with Crippen LogP contribution in [0.5, 0.6) is 0 Å². The first-order valence-corrected chi connectivity index (χ1v) is 10.0. The van der Waals surface area contributed by atoms with Gasteiger partial charge in [0.15, 0.2) is 5.96 Å². The molecule has 0 spiro atoms. The van der Waals surface area contributed by atoms with E-state index in [-0.39, 0.29) is 29.9 Å². The van der Waals surface area contributed by atoms with Crippen LogP contribution in [0.1, 0.15) is 41.0 Å². The highest BCUT2D eigenvalue weighted by atomic mass is 127. The van der Waals surface area contributed by atoms with Gasteiger partial charge in [0.25, 0.3) is 0 Å². The van der Waals surface area contributed by atoms with Crippen LogP contribution in [-0.2, 0) is 4.79 Å². The largest absolute Gasteiger partial charge is 0.357 e. The summed E-state index contributed by atoms with van der Waals surface area (Å²) >= 11 is 2.06. The Hall–Kier alpha value is -0.180. The number of aliphatic imine (C=N–C) groups is 1. The van der Waals surface area contributed by atoms with Crippen molar-refractivity contribution in [2.24, 2.45) is 10.9 Å². The zero-order valence-electron chi connectivity index (χ0n) is 15.9. The number of halogens is 1. The molecule has 1 aliphatic rings. The molecule has 1 atom stereocenters. The smallest absolute Gasteiger partial charge is 0.224 e. The molecule has 0 aliphatic carbocycles. The minimum absolute atomic E-state index is 0. The third-order valence-corrected chi connectivity index (χ3v) is 5.71. The van der Waals surface area contributed by atoms with Gasteiger partial charge in [0.1, 0.15) is 0 Å². The summed E-state index contributed by atoms with van der Waals surface area (Å²) in [4.78, 5) is 21.0. The quantitative estimate of drug-likeness (QED) is 0.353. The van der Waals surface area contributed by atoms with Gasteiger partial charge in [-0.1, -0.05) is 13.8 Å². The van der Waals surface area contributed by atoms with Crippen LogP contribution in [0.3, 0.4) is 0 Å². The maximum atomic E-state index is 12.1. The first-order chi connectivity index (χ1) is 11.0. The van der Waals surface area contributed by atoms with Crippen LogP contribution >= 0.6 is 35.7 Å². The Balaban J connectivity index is 0.00000529. The molecule has 0 aromatic carbocycles. The number of carbonyl (C=O) groups excluding carboxylic acids is 1. The van der Waals surface area contributed by atoms with Crippen molar-refractivity contribution in [1.29, 1.82) is 0 Å². The lowest BCUT2D eigenvalue weighted by atomic mass is 10.1. The van der Waals surface area contributed by atoms with Crippen LogP contribution in [0.2, 0.25) is 0 Å². The van der Waals surface area contributed by atoms with Gasteiger partial charge in [0, 0.05) is 50.1 Å². The molecule has 142 valence electrons. The highest BCUT2D eigenvalue weighted by Crippen LogP contribution is 2.24. The van der Waals surface area contributed by atoms with Crippen molar-refractivity contribution >= 4 is 47.6 Å². The molecule has 1 saturated heterocycles.